The highest BCUT2D eigenvalue weighted by Crippen LogP contribution is 2.32. The average Bonchev–Trinajstić information content (AvgIpc) is 3.10. The van der Waals surface area contributed by atoms with Crippen LogP contribution in [0.25, 0.3) is 0 Å². The molecule has 6 heteroatoms. The minimum absolute atomic E-state index is 0.0385. The molecule has 24 heavy (non-hydrogen) atoms. The van der Waals surface area contributed by atoms with Crippen LogP contribution in [0, 0.1) is 0 Å². The summed E-state index contributed by atoms with van der Waals surface area (Å²) in [4.78, 5) is 27.5. The number of carbonyl (C=O) groups excluding carboxylic acids is 2. The second-order valence-electron chi connectivity index (χ2n) is 6.27. The van der Waals surface area contributed by atoms with Crippen molar-refractivity contribution in [3.05, 3.63) is 52.2 Å². The van der Waals surface area contributed by atoms with E-state index < -0.39 is 5.60 Å². The highest BCUT2D eigenvalue weighted by atomic mass is 32.1. The first-order chi connectivity index (χ1) is 11.7. The lowest BCUT2D eigenvalue weighted by Crippen LogP contribution is -2.57. The Morgan fingerprint density at radius 1 is 1.25 bits per heavy atom. The fraction of sp³-hybridized carbons (Fsp3) is 0.333. The fourth-order valence-corrected chi connectivity index (χ4v) is 4.10. The van der Waals surface area contributed by atoms with E-state index in [0.29, 0.717) is 24.4 Å². The Morgan fingerprint density at radius 2 is 2.12 bits per heavy atom. The van der Waals surface area contributed by atoms with Gasteiger partial charge in [0, 0.05) is 6.54 Å². The standard InChI is InChI=1S/C18H18N2O3S/c21-16-13-5-1-2-6-14(13)23-18(11-19-16)8-4-9-20(12-18)17(22)15-7-3-10-24-15/h1-3,5-7,10H,4,8-9,11-12H2,(H,19,21)/t18-/m1/s1. The van der Waals surface area contributed by atoms with Crippen LogP contribution in [0.15, 0.2) is 41.8 Å². The summed E-state index contributed by atoms with van der Waals surface area (Å²) in [7, 11) is 0. The Bertz CT molecular complexity index is 774. The van der Waals surface area contributed by atoms with Gasteiger partial charge in [0.25, 0.3) is 11.8 Å². The molecule has 3 heterocycles. The maximum absolute atomic E-state index is 12.7. The van der Waals surface area contributed by atoms with Crippen LogP contribution in [-0.2, 0) is 0 Å². The normalized spacial score (nSPS) is 23.2. The minimum Gasteiger partial charge on any atom is -0.483 e. The molecule has 2 aliphatic rings. The molecular weight excluding hydrogens is 324 g/mol. The number of benzene rings is 1. The first-order valence-electron chi connectivity index (χ1n) is 8.06. The molecule has 0 bridgehead atoms. The van der Waals surface area contributed by atoms with Gasteiger partial charge < -0.3 is 15.0 Å². The lowest BCUT2D eigenvalue weighted by Gasteiger charge is -2.41. The highest BCUT2D eigenvalue weighted by Gasteiger charge is 2.42. The first kappa shape index (κ1) is 15.2. The van der Waals surface area contributed by atoms with Gasteiger partial charge in [-0.25, -0.2) is 0 Å². The molecule has 2 amide bonds. The lowest BCUT2D eigenvalue weighted by molar-refractivity contribution is -0.000667. The quantitative estimate of drug-likeness (QED) is 0.866. The van der Waals surface area contributed by atoms with E-state index in [1.54, 1.807) is 6.07 Å². The molecule has 0 radical (unpaired) electrons. The molecule has 0 aliphatic carbocycles. The summed E-state index contributed by atoms with van der Waals surface area (Å²) in [5, 5.41) is 4.86. The van der Waals surface area contributed by atoms with Gasteiger partial charge in [0.1, 0.15) is 11.4 Å². The highest BCUT2D eigenvalue weighted by molar-refractivity contribution is 7.12. The second-order valence-corrected chi connectivity index (χ2v) is 7.22. The van der Waals surface area contributed by atoms with Crippen molar-refractivity contribution in [3.63, 3.8) is 0 Å². The Balaban J connectivity index is 1.61. The predicted octanol–water partition coefficient (Wildman–Crippen LogP) is 2.55. The van der Waals surface area contributed by atoms with Crippen molar-refractivity contribution >= 4 is 23.2 Å². The Kier molecular flexibility index (Phi) is 3.76. The van der Waals surface area contributed by atoms with Crippen LogP contribution in [0.2, 0.25) is 0 Å². The van der Waals surface area contributed by atoms with Crippen molar-refractivity contribution in [3.8, 4) is 5.75 Å². The topological polar surface area (TPSA) is 58.6 Å². The maximum atomic E-state index is 12.7. The Labute approximate surface area is 144 Å². The van der Waals surface area contributed by atoms with Gasteiger partial charge in [-0.15, -0.1) is 11.3 Å². The molecule has 1 aromatic carbocycles. The van der Waals surface area contributed by atoms with Gasteiger partial charge in [-0.05, 0) is 36.4 Å². The zero-order valence-corrected chi connectivity index (χ0v) is 14.0. The summed E-state index contributed by atoms with van der Waals surface area (Å²) in [6.45, 7) is 1.62. The van der Waals surface area contributed by atoms with Crippen LogP contribution in [0.4, 0.5) is 0 Å². The summed E-state index contributed by atoms with van der Waals surface area (Å²) in [5.41, 5.74) is -0.0101. The van der Waals surface area contributed by atoms with Gasteiger partial charge in [0.05, 0.1) is 23.5 Å². The predicted molar refractivity (Wildman–Crippen MR) is 91.6 cm³/mol. The zero-order chi connectivity index (χ0) is 16.6. The van der Waals surface area contributed by atoms with Crippen LogP contribution in [-0.4, -0.2) is 41.9 Å². The smallest absolute Gasteiger partial charge is 0.264 e. The van der Waals surface area contributed by atoms with Crippen LogP contribution in [0.1, 0.15) is 32.9 Å². The summed E-state index contributed by atoms with van der Waals surface area (Å²) in [6, 6.07) is 11.0. The maximum Gasteiger partial charge on any atom is 0.264 e. The average molecular weight is 342 g/mol. The van der Waals surface area contributed by atoms with E-state index in [1.807, 2.05) is 40.6 Å². The number of nitrogens with zero attached hydrogens (tertiary/aromatic N) is 1. The minimum atomic E-state index is -0.562. The lowest BCUT2D eigenvalue weighted by atomic mass is 9.92. The van der Waals surface area contributed by atoms with Gasteiger partial charge in [0.2, 0.25) is 0 Å². The van der Waals surface area contributed by atoms with E-state index >= 15 is 0 Å². The van der Waals surface area contributed by atoms with Gasteiger partial charge >= 0.3 is 0 Å². The fourth-order valence-electron chi connectivity index (χ4n) is 3.40. The molecule has 1 atom stereocenters. The Morgan fingerprint density at radius 3 is 2.96 bits per heavy atom. The Hall–Kier alpha value is -2.34. The number of rotatable bonds is 1. The number of para-hydroxylation sites is 1. The number of carbonyl (C=O) groups is 2. The van der Waals surface area contributed by atoms with Crippen molar-refractivity contribution in [2.75, 3.05) is 19.6 Å². The van der Waals surface area contributed by atoms with Gasteiger partial charge in [-0.3, -0.25) is 9.59 Å². The monoisotopic (exact) mass is 342 g/mol. The number of hydrogen-bond acceptors (Lipinski definition) is 4. The molecule has 1 saturated heterocycles. The van der Waals surface area contributed by atoms with Crippen molar-refractivity contribution in [1.82, 2.24) is 10.2 Å². The molecule has 1 spiro atoms. The molecule has 1 aromatic heterocycles. The molecule has 124 valence electrons. The summed E-state index contributed by atoms with van der Waals surface area (Å²) < 4.78 is 6.28. The van der Waals surface area contributed by atoms with Gasteiger partial charge in [-0.2, -0.15) is 0 Å². The number of fused-ring (bicyclic) bond motifs is 1. The van der Waals surface area contributed by atoms with E-state index in [1.165, 1.54) is 11.3 Å². The van der Waals surface area contributed by atoms with Gasteiger partial charge in [-0.1, -0.05) is 18.2 Å². The number of nitrogens with one attached hydrogen (secondary N) is 1. The molecule has 4 rings (SSSR count). The summed E-state index contributed by atoms with van der Waals surface area (Å²) in [6.07, 6.45) is 1.67. The number of piperidine rings is 1. The van der Waals surface area contributed by atoms with Crippen molar-refractivity contribution in [2.24, 2.45) is 0 Å². The number of hydrogen-bond donors (Lipinski definition) is 1. The third-order valence-electron chi connectivity index (χ3n) is 4.59. The third-order valence-corrected chi connectivity index (χ3v) is 5.45. The summed E-state index contributed by atoms with van der Waals surface area (Å²) >= 11 is 1.45. The molecule has 1 N–H and O–H groups in total. The van der Waals surface area contributed by atoms with Crippen LogP contribution in [0.5, 0.6) is 5.75 Å². The SMILES string of the molecule is O=C1NC[C@@]2(CCCN(C(=O)c3cccs3)C2)Oc2ccccc21. The van der Waals surface area contributed by atoms with Crippen LogP contribution >= 0.6 is 11.3 Å². The molecule has 2 aliphatic heterocycles. The number of thiophene rings is 1. The van der Waals surface area contributed by atoms with E-state index in [9.17, 15) is 9.59 Å². The van der Waals surface area contributed by atoms with Crippen molar-refractivity contribution in [1.29, 1.82) is 0 Å². The molecule has 0 saturated carbocycles. The molecule has 2 aromatic rings. The van der Waals surface area contributed by atoms with Gasteiger partial charge in [0.15, 0.2) is 0 Å². The number of amides is 2. The molecule has 0 unspecified atom stereocenters. The van der Waals surface area contributed by atoms with E-state index in [2.05, 4.69) is 5.32 Å². The van der Waals surface area contributed by atoms with E-state index in [0.717, 1.165) is 24.3 Å². The molecular formula is C18H18N2O3S. The number of likely N-dealkylation sites (tertiary alicyclic amines) is 1. The van der Waals surface area contributed by atoms with E-state index in [4.69, 9.17) is 4.74 Å². The first-order valence-corrected chi connectivity index (χ1v) is 8.94. The second kappa shape index (κ2) is 5.94. The van der Waals surface area contributed by atoms with Crippen LogP contribution < -0.4 is 10.1 Å². The zero-order valence-electron chi connectivity index (χ0n) is 13.2. The molecule has 5 nitrogen and oxygen atoms in total. The largest absolute Gasteiger partial charge is 0.483 e. The van der Waals surface area contributed by atoms with Crippen LogP contribution in [0.3, 0.4) is 0 Å². The van der Waals surface area contributed by atoms with E-state index in [-0.39, 0.29) is 11.8 Å². The van der Waals surface area contributed by atoms with Crippen molar-refractivity contribution < 1.29 is 14.3 Å². The third kappa shape index (κ3) is 2.67. The molecule has 1 fully saturated rings. The number of ether oxygens (including phenoxy) is 1. The van der Waals surface area contributed by atoms with Crippen molar-refractivity contribution in [2.45, 2.75) is 18.4 Å². The summed E-state index contributed by atoms with van der Waals surface area (Å²) in [5.74, 6) is 0.513.